The number of fused-ring (bicyclic) bond motifs is 1. The van der Waals surface area contributed by atoms with Crippen LogP contribution in [-0.4, -0.2) is 48.6 Å². The number of amides is 1. The quantitative estimate of drug-likeness (QED) is 0.401. The first-order valence-corrected chi connectivity index (χ1v) is 12.6. The third kappa shape index (κ3) is 4.89. The monoisotopic (exact) mass is 475 g/mol. The highest BCUT2D eigenvalue weighted by Gasteiger charge is 2.13. The lowest BCUT2D eigenvalue weighted by molar-refractivity contribution is 0.0964. The number of hydrogen-bond acceptors (Lipinski definition) is 7. The molecule has 0 fully saturated rings. The number of pyridine rings is 1. The summed E-state index contributed by atoms with van der Waals surface area (Å²) in [6.07, 6.45) is 3.81. The molecule has 2 aromatic heterocycles. The Morgan fingerprint density at radius 3 is 2.53 bits per heavy atom. The molecule has 0 aliphatic carbocycles. The van der Waals surface area contributed by atoms with Crippen LogP contribution in [0.2, 0.25) is 0 Å². The summed E-state index contributed by atoms with van der Waals surface area (Å²) in [5.41, 5.74) is 3.93. The number of sulfone groups is 1. The average Bonchev–Trinajstić information content (AvgIpc) is 2.88. The van der Waals surface area contributed by atoms with Gasteiger partial charge in [0.2, 0.25) is 0 Å². The van der Waals surface area contributed by atoms with E-state index in [1.54, 1.807) is 50.5 Å². The number of hydrogen-bond donors (Lipinski definition) is 2. The highest BCUT2D eigenvalue weighted by atomic mass is 32.2. The Balaban J connectivity index is 1.48. The molecule has 2 heterocycles. The molecule has 174 valence electrons. The van der Waals surface area contributed by atoms with Crippen molar-refractivity contribution in [2.45, 2.75) is 18.2 Å². The van der Waals surface area contributed by atoms with E-state index in [-0.39, 0.29) is 11.7 Å². The fourth-order valence-electron chi connectivity index (χ4n) is 3.71. The minimum absolute atomic E-state index is 0.0628. The lowest BCUT2D eigenvalue weighted by atomic mass is 10.0. The predicted molar refractivity (Wildman–Crippen MR) is 133 cm³/mol. The van der Waals surface area contributed by atoms with E-state index in [9.17, 15) is 13.2 Å². The molecule has 9 heteroatoms. The molecule has 0 atom stereocenters. The number of nitrogens with one attached hydrogen (secondary N) is 2. The Morgan fingerprint density at radius 1 is 1.00 bits per heavy atom. The lowest BCUT2D eigenvalue weighted by Crippen LogP contribution is -2.18. The smallest absolute Gasteiger partial charge is 0.251 e. The van der Waals surface area contributed by atoms with E-state index in [1.807, 2.05) is 24.3 Å². The molecule has 4 rings (SSSR count). The van der Waals surface area contributed by atoms with Gasteiger partial charge >= 0.3 is 0 Å². The van der Waals surface area contributed by atoms with Gasteiger partial charge in [-0.15, -0.1) is 0 Å². The van der Waals surface area contributed by atoms with Crippen LogP contribution in [0.25, 0.3) is 22.2 Å². The highest BCUT2D eigenvalue weighted by molar-refractivity contribution is 7.91. The molecule has 0 saturated heterocycles. The lowest BCUT2D eigenvalue weighted by Gasteiger charge is -2.10. The van der Waals surface area contributed by atoms with Crippen LogP contribution in [0.15, 0.2) is 72.0 Å². The summed E-state index contributed by atoms with van der Waals surface area (Å²) in [5, 5.41) is 6.79. The minimum Gasteiger partial charge on any atom is -0.370 e. The van der Waals surface area contributed by atoms with E-state index < -0.39 is 9.84 Å². The maximum absolute atomic E-state index is 12.2. The second-order valence-corrected chi connectivity index (χ2v) is 9.92. The summed E-state index contributed by atoms with van der Waals surface area (Å²) in [6.45, 7) is 2.23. The maximum atomic E-state index is 12.2. The van der Waals surface area contributed by atoms with Gasteiger partial charge in [-0.25, -0.2) is 18.4 Å². The van der Waals surface area contributed by atoms with Gasteiger partial charge < -0.3 is 10.6 Å². The van der Waals surface area contributed by atoms with Gasteiger partial charge in [-0.3, -0.25) is 9.78 Å². The second kappa shape index (κ2) is 9.96. The molecule has 2 aromatic carbocycles. The van der Waals surface area contributed by atoms with Crippen molar-refractivity contribution in [3.63, 3.8) is 0 Å². The van der Waals surface area contributed by atoms with E-state index in [0.29, 0.717) is 34.9 Å². The summed E-state index contributed by atoms with van der Waals surface area (Å²) in [6, 6.07) is 16.1. The Bertz CT molecular complexity index is 1440. The van der Waals surface area contributed by atoms with Crippen molar-refractivity contribution >= 4 is 32.5 Å². The summed E-state index contributed by atoms with van der Waals surface area (Å²) < 4.78 is 24.1. The molecule has 2 N–H and O–H groups in total. The van der Waals surface area contributed by atoms with Gasteiger partial charge in [-0.05, 0) is 30.2 Å². The fraction of sp³-hybridized carbons (Fsp3) is 0.200. The van der Waals surface area contributed by atoms with Crippen LogP contribution < -0.4 is 10.6 Å². The SMILES string of the molecule is CCS(=O)(=O)c1ccc(-c2cc(NCCc3cccc4c(C(=O)NC)ccnc34)ncn2)cc1. The molecule has 0 bridgehead atoms. The zero-order valence-electron chi connectivity index (χ0n) is 18.9. The van der Waals surface area contributed by atoms with Crippen molar-refractivity contribution in [2.24, 2.45) is 0 Å². The number of nitrogens with zero attached hydrogens (tertiary/aromatic N) is 3. The maximum Gasteiger partial charge on any atom is 0.251 e. The van der Waals surface area contributed by atoms with E-state index in [0.717, 1.165) is 22.0 Å². The van der Waals surface area contributed by atoms with Crippen LogP contribution in [0.5, 0.6) is 0 Å². The van der Waals surface area contributed by atoms with Crippen molar-refractivity contribution in [3.05, 3.63) is 78.2 Å². The Kier molecular flexibility index (Phi) is 6.83. The molecule has 0 saturated carbocycles. The van der Waals surface area contributed by atoms with Crippen LogP contribution in [0.1, 0.15) is 22.8 Å². The van der Waals surface area contributed by atoms with Crippen molar-refractivity contribution in [1.29, 1.82) is 0 Å². The molecule has 8 nitrogen and oxygen atoms in total. The van der Waals surface area contributed by atoms with Gasteiger partial charge in [-0.1, -0.05) is 37.3 Å². The normalized spacial score (nSPS) is 11.4. The molecular formula is C25H25N5O3S. The first-order chi connectivity index (χ1) is 16.4. The molecule has 0 aliphatic rings. The van der Waals surface area contributed by atoms with Crippen molar-refractivity contribution in [3.8, 4) is 11.3 Å². The summed E-state index contributed by atoms with van der Waals surface area (Å²) in [4.78, 5) is 25.6. The fourth-order valence-corrected chi connectivity index (χ4v) is 4.59. The molecule has 0 unspecified atom stereocenters. The van der Waals surface area contributed by atoms with Gasteiger partial charge in [-0.2, -0.15) is 0 Å². The Morgan fingerprint density at radius 2 is 1.79 bits per heavy atom. The van der Waals surface area contributed by atoms with Gasteiger partial charge in [0.1, 0.15) is 12.1 Å². The van der Waals surface area contributed by atoms with E-state index in [4.69, 9.17) is 0 Å². The number of aromatic nitrogens is 3. The van der Waals surface area contributed by atoms with Crippen molar-refractivity contribution in [2.75, 3.05) is 24.7 Å². The zero-order chi connectivity index (χ0) is 24.1. The number of rotatable bonds is 8. The number of anilines is 1. The Labute approximate surface area is 198 Å². The summed E-state index contributed by atoms with van der Waals surface area (Å²) in [7, 11) is -1.63. The molecule has 1 amide bonds. The standard InChI is InChI=1S/C25H25N5O3S/c1-3-34(32,33)19-9-7-17(8-10-19)22-15-23(30-16-29-22)27-13-11-18-5-4-6-20-21(25(31)26-2)12-14-28-24(18)20/h4-10,12,14-16H,3,11,13H2,1-2H3,(H,26,31)(H,27,29,30). The highest BCUT2D eigenvalue weighted by Crippen LogP contribution is 2.23. The average molecular weight is 476 g/mol. The van der Waals surface area contributed by atoms with Gasteiger partial charge in [0, 0.05) is 36.8 Å². The van der Waals surface area contributed by atoms with Crippen molar-refractivity contribution in [1.82, 2.24) is 20.3 Å². The zero-order valence-corrected chi connectivity index (χ0v) is 19.8. The van der Waals surface area contributed by atoms with E-state index in [2.05, 4.69) is 25.6 Å². The number of carbonyl (C=O) groups excluding carboxylic acids is 1. The molecule has 4 aromatic rings. The van der Waals surface area contributed by atoms with Crippen LogP contribution in [0.3, 0.4) is 0 Å². The molecular weight excluding hydrogens is 450 g/mol. The second-order valence-electron chi connectivity index (χ2n) is 7.64. The molecule has 34 heavy (non-hydrogen) atoms. The van der Waals surface area contributed by atoms with E-state index in [1.165, 1.54) is 6.33 Å². The first-order valence-electron chi connectivity index (χ1n) is 10.9. The van der Waals surface area contributed by atoms with Crippen LogP contribution in [-0.2, 0) is 16.3 Å². The Hall–Kier alpha value is -3.85. The largest absolute Gasteiger partial charge is 0.370 e. The summed E-state index contributed by atoms with van der Waals surface area (Å²) in [5.74, 6) is 0.582. The molecule has 0 radical (unpaired) electrons. The summed E-state index contributed by atoms with van der Waals surface area (Å²) >= 11 is 0. The predicted octanol–water partition coefficient (Wildman–Crippen LogP) is 3.50. The van der Waals surface area contributed by atoms with Crippen molar-refractivity contribution < 1.29 is 13.2 Å². The topological polar surface area (TPSA) is 114 Å². The van der Waals surface area contributed by atoms with Crippen LogP contribution in [0.4, 0.5) is 5.82 Å². The number of benzene rings is 2. The van der Waals surface area contributed by atoms with Gasteiger partial charge in [0.05, 0.1) is 27.4 Å². The van der Waals surface area contributed by atoms with Crippen LogP contribution >= 0.6 is 0 Å². The van der Waals surface area contributed by atoms with E-state index >= 15 is 0 Å². The molecule has 0 spiro atoms. The third-order valence-electron chi connectivity index (χ3n) is 5.58. The van der Waals surface area contributed by atoms with Crippen LogP contribution in [0, 0.1) is 0 Å². The number of carbonyl (C=O) groups is 1. The molecule has 0 aliphatic heterocycles. The van der Waals surface area contributed by atoms with Gasteiger partial charge in [0.25, 0.3) is 5.91 Å². The number of para-hydroxylation sites is 1. The minimum atomic E-state index is -3.24. The third-order valence-corrected chi connectivity index (χ3v) is 7.33. The van der Waals surface area contributed by atoms with Gasteiger partial charge in [0.15, 0.2) is 9.84 Å². The first kappa shape index (κ1) is 23.3.